The number of rotatable bonds is 3. The van der Waals surface area contributed by atoms with E-state index in [0.29, 0.717) is 5.92 Å². The molecule has 2 heteroatoms. The van der Waals surface area contributed by atoms with Crippen molar-refractivity contribution in [2.75, 3.05) is 19.7 Å². The summed E-state index contributed by atoms with van der Waals surface area (Å²) in [5.74, 6) is 1.68. The van der Waals surface area contributed by atoms with Crippen LogP contribution in [0.5, 0.6) is 5.75 Å². The maximum atomic E-state index is 5.70. The van der Waals surface area contributed by atoms with Crippen LogP contribution in [-0.4, -0.2) is 19.7 Å². The Morgan fingerprint density at radius 2 is 2.14 bits per heavy atom. The van der Waals surface area contributed by atoms with Crippen LogP contribution >= 0.6 is 0 Å². The largest absolute Gasteiger partial charge is 0.493 e. The molecule has 1 aliphatic rings. The van der Waals surface area contributed by atoms with Gasteiger partial charge in [0.15, 0.2) is 0 Å². The van der Waals surface area contributed by atoms with Crippen LogP contribution < -0.4 is 10.1 Å². The minimum absolute atomic E-state index is 0.691. The van der Waals surface area contributed by atoms with E-state index in [2.05, 4.69) is 24.4 Å². The van der Waals surface area contributed by atoms with E-state index in [4.69, 9.17) is 4.74 Å². The average molecular weight is 191 g/mol. The summed E-state index contributed by atoms with van der Waals surface area (Å²) < 4.78 is 5.70. The van der Waals surface area contributed by atoms with Gasteiger partial charge in [0.25, 0.3) is 0 Å². The zero-order valence-electron chi connectivity index (χ0n) is 8.62. The zero-order chi connectivity index (χ0) is 9.80. The van der Waals surface area contributed by atoms with Gasteiger partial charge in [-0.3, -0.25) is 0 Å². The van der Waals surface area contributed by atoms with Gasteiger partial charge in [-0.2, -0.15) is 0 Å². The summed E-state index contributed by atoms with van der Waals surface area (Å²) in [5, 5.41) is 3.34. The predicted octanol–water partition coefficient (Wildman–Crippen LogP) is 1.98. The first kappa shape index (κ1) is 9.53. The third kappa shape index (κ3) is 2.48. The molecular weight excluding hydrogens is 174 g/mol. The van der Waals surface area contributed by atoms with E-state index in [9.17, 15) is 0 Å². The quantitative estimate of drug-likeness (QED) is 0.789. The Hall–Kier alpha value is -1.02. The molecule has 1 saturated heterocycles. The number of ether oxygens (including phenoxy) is 1. The SMILES string of the molecule is Cc1ccc(OC[C@H]2CCNC2)cc1. The molecule has 0 radical (unpaired) electrons. The van der Waals surface area contributed by atoms with Gasteiger partial charge < -0.3 is 10.1 Å². The molecule has 1 aromatic carbocycles. The maximum Gasteiger partial charge on any atom is 0.119 e. The highest BCUT2D eigenvalue weighted by atomic mass is 16.5. The molecule has 0 spiro atoms. The predicted molar refractivity (Wildman–Crippen MR) is 57.7 cm³/mol. The molecule has 1 atom stereocenters. The third-order valence-corrected chi connectivity index (χ3v) is 2.67. The topological polar surface area (TPSA) is 21.3 Å². The van der Waals surface area contributed by atoms with E-state index < -0.39 is 0 Å². The molecule has 2 rings (SSSR count). The fraction of sp³-hybridized carbons (Fsp3) is 0.500. The second-order valence-electron chi connectivity index (χ2n) is 3.98. The molecule has 14 heavy (non-hydrogen) atoms. The van der Waals surface area contributed by atoms with Crippen molar-refractivity contribution in [3.8, 4) is 5.75 Å². The van der Waals surface area contributed by atoms with Crippen molar-refractivity contribution in [1.29, 1.82) is 0 Å². The van der Waals surface area contributed by atoms with E-state index in [1.165, 1.54) is 12.0 Å². The lowest BCUT2D eigenvalue weighted by atomic mass is 10.1. The van der Waals surface area contributed by atoms with Gasteiger partial charge in [0.2, 0.25) is 0 Å². The lowest BCUT2D eigenvalue weighted by molar-refractivity contribution is 0.260. The van der Waals surface area contributed by atoms with Gasteiger partial charge in [0, 0.05) is 12.5 Å². The second kappa shape index (κ2) is 4.47. The molecule has 1 heterocycles. The molecule has 1 N–H and O–H groups in total. The Balaban J connectivity index is 1.82. The van der Waals surface area contributed by atoms with Crippen molar-refractivity contribution < 1.29 is 4.74 Å². The van der Waals surface area contributed by atoms with Crippen molar-refractivity contribution in [2.45, 2.75) is 13.3 Å². The van der Waals surface area contributed by atoms with Crippen LogP contribution in [0.4, 0.5) is 0 Å². The van der Waals surface area contributed by atoms with Gasteiger partial charge in [-0.05, 0) is 32.0 Å². The highest BCUT2D eigenvalue weighted by Gasteiger charge is 2.14. The molecule has 76 valence electrons. The first-order chi connectivity index (χ1) is 6.84. The summed E-state index contributed by atoms with van der Waals surface area (Å²) >= 11 is 0. The van der Waals surface area contributed by atoms with Gasteiger partial charge in [-0.25, -0.2) is 0 Å². The summed E-state index contributed by atoms with van der Waals surface area (Å²) in [5.41, 5.74) is 1.28. The minimum atomic E-state index is 0.691. The fourth-order valence-corrected chi connectivity index (χ4v) is 1.71. The summed E-state index contributed by atoms with van der Waals surface area (Å²) in [7, 11) is 0. The fourth-order valence-electron chi connectivity index (χ4n) is 1.71. The number of nitrogens with one attached hydrogen (secondary N) is 1. The summed E-state index contributed by atoms with van der Waals surface area (Å²) in [6.45, 7) is 5.18. The average Bonchev–Trinajstić information content (AvgIpc) is 2.70. The molecule has 1 aliphatic heterocycles. The standard InChI is InChI=1S/C12H17NO/c1-10-2-4-12(5-3-10)14-9-11-6-7-13-8-11/h2-5,11,13H,6-9H2,1H3/t11-/m0/s1. The minimum Gasteiger partial charge on any atom is -0.493 e. The van der Waals surface area contributed by atoms with Gasteiger partial charge in [-0.15, -0.1) is 0 Å². The van der Waals surface area contributed by atoms with Crippen molar-refractivity contribution in [3.63, 3.8) is 0 Å². The van der Waals surface area contributed by atoms with Gasteiger partial charge in [-0.1, -0.05) is 17.7 Å². The zero-order valence-corrected chi connectivity index (χ0v) is 8.62. The maximum absolute atomic E-state index is 5.70. The Bertz CT molecular complexity index is 275. The second-order valence-corrected chi connectivity index (χ2v) is 3.98. The monoisotopic (exact) mass is 191 g/mol. The van der Waals surface area contributed by atoms with E-state index in [0.717, 1.165) is 25.4 Å². The van der Waals surface area contributed by atoms with Crippen LogP contribution in [0.3, 0.4) is 0 Å². The van der Waals surface area contributed by atoms with Crippen molar-refractivity contribution in [1.82, 2.24) is 5.32 Å². The van der Waals surface area contributed by atoms with E-state index in [1.807, 2.05) is 12.1 Å². The summed E-state index contributed by atoms with van der Waals surface area (Å²) in [6.07, 6.45) is 1.24. The molecule has 1 aromatic rings. The van der Waals surface area contributed by atoms with Gasteiger partial charge >= 0.3 is 0 Å². The van der Waals surface area contributed by atoms with E-state index >= 15 is 0 Å². The van der Waals surface area contributed by atoms with Crippen molar-refractivity contribution in [2.24, 2.45) is 5.92 Å². The molecule has 0 amide bonds. The number of benzene rings is 1. The lowest BCUT2D eigenvalue weighted by Gasteiger charge is -2.10. The van der Waals surface area contributed by atoms with Crippen LogP contribution in [0.2, 0.25) is 0 Å². The summed E-state index contributed by atoms with van der Waals surface area (Å²) in [6, 6.07) is 8.25. The van der Waals surface area contributed by atoms with Crippen LogP contribution in [-0.2, 0) is 0 Å². The molecule has 2 nitrogen and oxygen atoms in total. The number of aryl methyl sites for hydroxylation is 1. The molecule has 0 unspecified atom stereocenters. The van der Waals surface area contributed by atoms with Crippen molar-refractivity contribution in [3.05, 3.63) is 29.8 Å². The molecule has 0 saturated carbocycles. The highest BCUT2D eigenvalue weighted by Crippen LogP contribution is 2.14. The molecule has 0 bridgehead atoms. The van der Waals surface area contributed by atoms with Crippen LogP contribution in [0.25, 0.3) is 0 Å². The Morgan fingerprint density at radius 1 is 1.36 bits per heavy atom. The smallest absolute Gasteiger partial charge is 0.119 e. The normalized spacial score (nSPS) is 21.1. The Labute approximate surface area is 85.3 Å². The van der Waals surface area contributed by atoms with Gasteiger partial charge in [0.1, 0.15) is 5.75 Å². The number of hydrogen-bond acceptors (Lipinski definition) is 2. The molecule has 0 aliphatic carbocycles. The Kier molecular flexibility index (Phi) is 3.04. The van der Waals surface area contributed by atoms with Gasteiger partial charge in [0.05, 0.1) is 6.61 Å². The third-order valence-electron chi connectivity index (χ3n) is 2.67. The Morgan fingerprint density at radius 3 is 2.79 bits per heavy atom. The first-order valence-corrected chi connectivity index (χ1v) is 5.25. The van der Waals surface area contributed by atoms with Crippen molar-refractivity contribution >= 4 is 0 Å². The number of hydrogen-bond donors (Lipinski definition) is 1. The molecule has 1 fully saturated rings. The molecule has 0 aromatic heterocycles. The molecular formula is C12H17NO. The van der Waals surface area contributed by atoms with Crippen LogP contribution in [0.1, 0.15) is 12.0 Å². The van der Waals surface area contributed by atoms with Crippen LogP contribution in [0, 0.1) is 12.8 Å². The van der Waals surface area contributed by atoms with Crippen LogP contribution in [0.15, 0.2) is 24.3 Å². The lowest BCUT2D eigenvalue weighted by Crippen LogP contribution is -2.15. The first-order valence-electron chi connectivity index (χ1n) is 5.25. The van der Waals surface area contributed by atoms with E-state index in [1.54, 1.807) is 0 Å². The highest BCUT2D eigenvalue weighted by molar-refractivity contribution is 5.26. The van der Waals surface area contributed by atoms with E-state index in [-0.39, 0.29) is 0 Å². The summed E-state index contributed by atoms with van der Waals surface area (Å²) in [4.78, 5) is 0.